The van der Waals surface area contributed by atoms with Gasteiger partial charge in [-0.15, -0.1) is 0 Å². The standard InChI is InChI=1S/C22H32N2/c1-5-15-9-11-17(19(7-3)21(15)23)13-14-18-12-10-16(6-2)22(24)20(18)8-4/h9-12H,5-8,13-14,23-24H2,1-4H3. The second-order valence-corrected chi connectivity index (χ2v) is 6.47. The van der Waals surface area contributed by atoms with E-state index in [9.17, 15) is 0 Å². The third-order valence-electron chi connectivity index (χ3n) is 5.22. The van der Waals surface area contributed by atoms with E-state index in [0.29, 0.717) is 0 Å². The van der Waals surface area contributed by atoms with Crippen LogP contribution in [0.15, 0.2) is 24.3 Å². The Labute approximate surface area is 147 Å². The van der Waals surface area contributed by atoms with Gasteiger partial charge in [0.15, 0.2) is 0 Å². The summed E-state index contributed by atoms with van der Waals surface area (Å²) in [5.41, 5.74) is 22.7. The molecule has 130 valence electrons. The van der Waals surface area contributed by atoms with Gasteiger partial charge < -0.3 is 11.5 Å². The minimum absolute atomic E-state index is 0.993. The average molecular weight is 325 g/mol. The van der Waals surface area contributed by atoms with Gasteiger partial charge in [-0.3, -0.25) is 0 Å². The summed E-state index contributed by atoms with van der Waals surface area (Å²) in [7, 11) is 0. The van der Waals surface area contributed by atoms with Crippen LogP contribution in [0.2, 0.25) is 0 Å². The highest BCUT2D eigenvalue weighted by atomic mass is 14.6. The Morgan fingerprint density at radius 1 is 0.542 bits per heavy atom. The normalized spacial score (nSPS) is 11.0. The minimum Gasteiger partial charge on any atom is -0.398 e. The first-order valence-electron chi connectivity index (χ1n) is 9.35. The first-order valence-corrected chi connectivity index (χ1v) is 9.35. The van der Waals surface area contributed by atoms with Crippen LogP contribution in [-0.4, -0.2) is 0 Å². The van der Waals surface area contributed by atoms with E-state index in [2.05, 4.69) is 52.0 Å². The smallest absolute Gasteiger partial charge is 0.0381 e. The SMILES string of the molecule is CCc1ccc(CCc2ccc(CC)c(N)c2CC)c(CC)c1N. The minimum atomic E-state index is 0.993. The van der Waals surface area contributed by atoms with Crippen molar-refractivity contribution in [2.24, 2.45) is 0 Å². The van der Waals surface area contributed by atoms with Crippen molar-refractivity contribution in [1.82, 2.24) is 0 Å². The average Bonchev–Trinajstić information content (AvgIpc) is 2.60. The van der Waals surface area contributed by atoms with Gasteiger partial charge in [0.2, 0.25) is 0 Å². The van der Waals surface area contributed by atoms with Crippen molar-refractivity contribution >= 4 is 11.4 Å². The molecule has 2 aromatic rings. The molecule has 0 radical (unpaired) electrons. The lowest BCUT2D eigenvalue weighted by atomic mass is 9.90. The first kappa shape index (κ1) is 18.4. The molecule has 0 saturated carbocycles. The second-order valence-electron chi connectivity index (χ2n) is 6.47. The molecule has 0 spiro atoms. The van der Waals surface area contributed by atoms with E-state index in [0.717, 1.165) is 49.9 Å². The number of hydrogen-bond donors (Lipinski definition) is 2. The molecule has 24 heavy (non-hydrogen) atoms. The molecule has 0 amide bonds. The summed E-state index contributed by atoms with van der Waals surface area (Å²) >= 11 is 0. The summed E-state index contributed by atoms with van der Waals surface area (Å²) < 4.78 is 0. The molecule has 0 atom stereocenters. The van der Waals surface area contributed by atoms with Crippen LogP contribution in [0, 0.1) is 0 Å². The van der Waals surface area contributed by atoms with Crippen LogP contribution in [-0.2, 0) is 38.5 Å². The number of benzene rings is 2. The molecular weight excluding hydrogens is 292 g/mol. The highest BCUT2D eigenvalue weighted by molar-refractivity contribution is 5.59. The highest BCUT2D eigenvalue weighted by Crippen LogP contribution is 2.27. The van der Waals surface area contributed by atoms with Gasteiger partial charge >= 0.3 is 0 Å². The van der Waals surface area contributed by atoms with E-state index in [1.807, 2.05) is 0 Å². The zero-order valence-corrected chi connectivity index (χ0v) is 15.7. The number of hydrogen-bond acceptors (Lipinski definition) is 2. The van der Waals surface area contributed by atoms with Crippen molar-refractivity contribution in [2.45, 2.75) is 66.2 Å². The lowest BCUT2D eigenvalue weighted by Gasteiger charge is -2.17. The third-order valence-corrected chi connectivity index (χ3v) is 5.22. The van der Waals surface area contributed by atoms with Crippen molar-refractivity contribution in [2.75, 3.05) is 11.5 Å². The van der Waals surface area contributed by atoms with Crippen molar-refractivity contribution in [3.05, 3.63) is 57.6 Å². The van der Waals surface area contributed by atoms with Crippen LogP contribution in [0.25, 0.3) is 0 Å². The van der Waals surface area contributed by atoms with Crippen LogP contribution in [0.3, 0.4) is 0 Å². The summed E-state index contributed by atoms with van der Waals surface area (Å²) in [6, 6.07) is 8.92. The maximum Gasteiger partial charge on any atom is 0.0381 e. The Kier molecular flexibility index (Phi) is 6.30. The fraction of sp³-hybridized carbons (Fsp3) is 0.455. The van der Waals surface area contributed by atoms with Crippen molar-refractivity contribution in [3.63, 3.8) is 0 Å². The summed E-state index contributed by atoms with van der Waals surface area (Å²) in [5.74, 6) is 0. The molecule has 4 N–H and O–H groups in total. The van der Waals surface area contributed by atoms with Gasteiger partial charge in [0.05, 0.1) is 0 Å². The summed E-state index contributed by atoms with van der Waals surface area (Å²) in [6.07, 6.45) is 6.02. The van der Waals surface area contributed by atoms with E-state index >= 15 is 0 Å². The van der Waals surface area contributed by atoms with E-state index in [-0.39, 0.29) is 0 Å². The predicted octanol–water partition coefficient (Wildman–Crippen LogP) is 4.89. The van der Waals surface area contributed by atoms with Crippen LogP contribution in [0.5, 0.6) is 0 Å². The molecule has 0 saturated heterocycles. The number of anilines is 2. The maximum atomic E-state index is 6.37. The molecule has 0 aliphatic rings. The molecule has 2 aromatic carbocycles. The second kappa shape index (κ2) is 8.23. The molecule has 2 heteroatoms. The van der Waals surface area contributed by atoms with Gasteiger partial charge in [-0.25, -0.2) is 0 Å². The lowest BCUT2D eigenvalue weighted by molar-refractivity contribution is 0.906. The Balaban J connectivity index is 2.29. The van der Waals surface area contributed by atoms with Gasteiger partial charge in [0, 0.05) is 11.4 Å². The molecule has 0 fully saturated rings. The molecule has 0 aromatic heterocycles. The van der Waals surface area contributed by atoms with Gasteiger partial charge in [-0.2, -0.15) is 0 Å². The molecule has 0 unspecified atom stereocenters. The maximum absolute atomic E-state index is 6.37. The van der Waals surface area contributed by atoms with Gasteiger partial charge in [0.25, 0.3) is 0 Å². The van der Waals surface area contributed by atoms with E-state index in [1.54, 1.807) is 0 Å². The fourth-order valence-corrected chi connectivity index (χ4v) is 3.71. The van der Waals surface area contributed by atoms with Crippen LogP contribution < -0.4 is 11.5 Å². The highest BCUT2D eigenvalue weighted by Gasteiger charge is 2.12. The number of nitrogen functional groups attached to an aromatic ring is 2. The van der Waals surface area contributed by atoms with E-state index in [1.165, 1.54) is 33.4 Å². The van der Waals surface area contributed by atoms with E-state index < -0.39 is 0 Å². The van der Waals surface area contributed by atoms with Gasteiger partial charge in [0.1, 0.15) is 0 Å². The summed E-state index contributed by atoms with van der Waals surface area (Å²) in [6.45, 7) is 8.72. The molecule has 0 bridgehead atoms. The van der Waals surface area contributed by atoms with Gasteiger partial charge in [-0.05, 0) is 71.9 Å². The Morgan fingerprint density at radius 2 is 0.875 bits per heavy atom. The predicted molar refractivity (Wildman–Crippen MR) is 107 cm³/mol. The molecular formula is C22H32N2. The van der Waals surface area contributed by atoms with Crippen molar-refractivity contribution in [3.8, 4) is 0 Å². The van der Waals surface area contributed by atoms with Crippen LogP contribution in [0.1, 0.15) is 61.1 Å². The lowest BCUT2D eigenvalue weighted by Crippen LogP contribution is -2.07. The summed E-state index contributed by atoms with van der Waals surface area (Å²) in [4.78, 5) is 0. The van der Waals surface area contributed by atoms with Crippen molar-refractivity contribution < 1.29 is 0 Å². The Bertz CT molecular complexity index is 640. The first-order chi connectivity index (χ1) is 11.6. The number of nitrogens with two attached hydrogens (primary N) is 2. The summed E-state index contributed by atoms with van der Waals surface area (Å²) in [5, 5.41) is 0. The van der Waals surface area contributed by atoms with Crippen LogP contribution >= 0.6 is 0 Å². The number of aryl methyl sites for hydroxylation is 4. The molecule has 2 nitrogen and oxygen atoms in total. The molecule has 2 rings (SSSR count). The van der Waals surface area contributed by atoms with Crippen LogP contribution in [0.4, 0.5) is 11.4 Å². The Hall–Kier alpha value is -1.96. The monoisotopic (exact) mass is 324 g/mol. The third kappa shape index (κ3) is 3.58. The quantitative estimate of drug-likeness (QED) is 0.713. The fourth-order valence-electron chi connectivity index (χ4n) is 3.71. The topological polar surface area (TPSA) is 52.0 Å². The number of rotatable bonds is 7. The van der Waals surface area contributed by atoms with E-state index in [4.69, 9.17) is 11.5 Å². The largest absolute Gasteiger partial charge is 0.398 e. The molecule has 0 aliphatic carbocycles. The molecule has 0 aliphatic heterocycles. The van der Waals surface area contributed by atoms with Gasteiger partial charge in [-0.1, -0.05) is 52.0 Å². The molecule has 0 heterocycles. The van der Waals surface area contributed by atoms with Crippen molar-refractivity contribution in [1.29, 1.82) is 0 Å². The Morgan fingerprint density at radius 3 is 1.17 bits per heavy atom. The zero-order chi connectivity index (χ0) is 17.7. The zero-order valence-electron chi connectivity index (χ0n) is 15.7.